The summed E-state index contributed by atoms with van der Waals surface area (Å²) in [6.45, 7) is 2.56. The third-order valence-corrected chi connectivity index (χ3v) is 4.01. The molecule has 0 bridgehead atoms. The van der Waals surface area contributed by atoms with E-state index in [0.717, 1.165) is 17.0 Å². The molecule has 1 aliphatic rings. The summed E-state index contributed by atoms with van der Waals surface area (Å²) in [5.74, 6) is 0.662. The molecule has 0 radical (unpaired) electrons. The fourth-order valence-corrected chi connectivity index (χ4v) is 2.95. The molecule has 0 aromatic heterocycles. The first-order chi connectivity index (χ1) is 11.2. The quantitative estimate of drug-likeness (QED) is 0.866. The predicted molar refractivity (Wildman–Crippen MR) is 94.9 cm³/mol. The van der Waals surface area contributed by atoms with Crippen molar-refractivity contribution in [2.24, 2.45) is 4.99 Å². The topological polar surface area (TPSA) is 50.7 Å². The van der Waals surface area contributed by atoms with Crippen LogP contribution in [0.5, 0.6) is 5.75 Å². The number of nitrogens with one attached hydrogen (secondary N) is 1. The van der Waals surface area contributed by atoms with Gasteiger partial charge in [-0.2, -0.15) is 0 Å². The van der Waals surface area contributed by atoms with Crippen LogP contribution in [-0.2, 0) is 4.79 Å². The summed E-state index contributed by atoms with van der Waals surface area (Å²) in [6, 6.07) is 17.2. The van der Waals surface area contributed by atoms with Gasteiger partial charge in [-0.15, -0.1) is 0 Å². The first-order valence-corrected chi connectivity index (χ1v) is 8.14. The SMILES string of the molecule is CCOc1cccc(/C=C2\SC(=Nc3ccccc3)NC2=O)c1. The highest BCUT2D eigenvalue weighted by atomic mass is 32.2. The molecule has 116 valence electrons. The molecule has 0 unspecified atom stereocenters. The third-order valence-electron chi connectivity index (χ3n) is 3.10. The highest BCUT2D eigenvalue weighted by molar-refractivity contribution is 8.18. The Morgan fingerprint density at radius 2 is 2.00 bits per heavy atom. The molecule has 4 nitrogen and oxygen atoms in total. The van der Waals surface area contributed by atoms with Gasteiger partial charge >= 0.3 is 0 Å². The lowest BCUT2D eigenvalue weighted by Crippen LogP contribution is -2.19. The summed E-state index contributed by atoms with van der Waals surface area (Å²) in [5, 5.41) is 3.38. The molecular weight excluding hydrogens is 308 g/mol. The standard InChI is InChI=1S/C18H16N2O2S/c1-2-22-15-10-6-7-13(11-15)12-16-17(21)20-18(23-16)19-14-8-4-3-5-9-14/h3-12H,2H2,1H3,(H,19,20,21)/b16-12-. The first kappa shape index (κ1) is 15.4. The molecule has 0 spiro atoms. The van der Waals surface area contributed by atoms with Crippen LogP contribution in [0.25, 0.3) is 6.08 Å². The molecule has 2 aromatic rings. The summed E-state index contributed by atoms with van der Waals surface area (Å²) in [4.78, 5) is 17.1. The van der Waals surface area contributed by atoms with Crippen molar-refractivity contribution < 1.29 is 9.53 Å². The Morgan fingerprint density at radius 3 is 2.78 bits per heavy atom. The van der Waals surface area contributed by atoms with Crippen LogP contribution in [0.1, 0.15) is 12.5 Å². The summed E-state index contributed by atoms with van der Waals surface area (Å²) in [7, 11) is 0. The van der Waals surface area contributed by atoms with Gasteiger partial charge in [0.05, 0.1) is 17.2 Å². The van der Waals surface area contributed by atoms with E-state index >= 15 is 0 Å². The van der Waals surface area contributed by atoms with Crippen LogP contribution in [0.4, 0.5) is 5.69 Å². The van der Waals surface area contributed by atoms with E-state index in [4.69, 9.17) is 4.74 Å². The fourth-order valence-electron chi connectivity index (χ4n) is 2.11. The Kier molecular flexibility index (Phi) is 4.78. The molecule has 0 saturated carbocycles. The maximum atomic E-state index is 12.1. The van der Waals surface area contributed by atoms with E-state index in [2.05, 4.69) is 10.3 Å². The van der Waals surface area contributed by atoms with Crippen LogP contribution in [0, 0.1) is 0 Å². The van der Waals surface area contributed by atoms with Gasteiger partial charge in [-0.05, 0) is 54.6 Å². The molecule has 1 saturated heterocycles. The van der Waals surface area contributed by atoms with Crippen molar-refractivity contribution in [3.05, 3.63) is 65.1 Å². The van der Waals surface area contributed by atoms with Gasteiger partial charge < -0.3 is 10.1 Å². The normalized spacial score (nSPS) is 17.5. The number of thioether (sulfide) groups is 1. The molecule has 1 aliphatic heterocycles. The molecule has 1 fully saturated rings. The zero-order chi connectivity index (χ0) is 16.1. The van der Waals surface area contributed by atoms with Gasteiger partial charge in [-0.3, -0.25) is 4.79 Å². The smallest absolute Gasteiger partial charge is 0.264 e. The Labute approximate surface area is 139 Å². The lowest BCUT2D eigenvalue weighted by Gasteiger charge is -2.03. The molecule has 23 heavy (non-hydrogen) atoms. The number of amidine groups is 1. The van der Waals surface area contributed by atoms with Crippen LogP contribution >= 0.6 is 11.8 Å². The van der Waals surface area contributed by atoms with E-state index in [0.29, 0.717) is 16.7 Å². The van der Waals surface area contributed by atoms with Gasteiger partial charge in [0.25, 0.3) is 5.91 Å². The second-order valence-corrected chi connectivity index (χ2v) is 5.85. The Hall–Kier alpha value is -2.53. The molecule has 1 N–H and O–H groups in total. The zero-order valence-electron chi connectivity index (χ0n) is 12.7. The highest BCUT2D eigenvalue weighted by Gasteiger charge is 2.23. The zero-order valence-corrected chi connectivity index (χ0v) is 13.5. The number of nitrogens with zero attached hydrogens (tertiary/aromatic N) is 1. The average molecular weight is 324 g/mol. The van der Waals surface area contributed by atoms with Gasteiger partial charge in [-0.1, -0.05) is 30.3 Å². The number of hydrogen-bond acceptors (Lipinski definition) is 4. The molecule has 1 amide bonds. The van der Waals surface area contributed by atoms with E-state index in [1.54, 1.807) is 0 Å². The number of aliphatic imine (C=N–C) groups is 1. The minimum absolute atomic E-state index is 0.133. The molecule has 0 aliphatic carbocycles. The van der Waals surface area contributed by atoms with Crippen LogP contribution in [-0.4, -0.2) is 17.7 Å². The van der Waals surface area contributed by atoms with Crippen LogP contribution in [0.3, 0.4) is 0 Å². The largest absolute Gasteiger partial charge is 0.494 e. The van der Waals surface area contributed by atoms with Gasteiger partial charge in [0.2, 0.25) is 0 Å². The van der Waals surface area contributed by atoms with Gasteiger partial charge in [0, 0.05) is 0 Å². The van der Waals surface area contributed by atoms with Gasteiger partial charge in [0.1, 0.15) is 5.75 Å². The maximum Gasteiger partial charge on any atom is 0.264 e. The van der Waals surface area contributed by atoms with E-state index in [1.165, 1.54) is 11.8 Å². The van der Waals surface area contributed by atoms with E-state index in [-0.39, 0.29) is 5.91 Å². The van der Waals surface area contributed by atoms with Crippen LogP contribution in [0.2, 0.25) is 0 Å². The second kappa shape index (κ2) is 7.15. The van der Waals surface area contributed by atoms with Crippen molar-refractivity contribution in [1.82, 2.24) is 5.32 Å². The fraction of sp³-hybridized carbons (Fsp3) is 0.111. The monoisotopic (exact) mass is 324 g/mol. The van der Waals surface area contributed by atoms with E-state index < -0.39 is 0 Å². The molecule has 3 rings (SSSR count). The number of carbonyl (C=O) groups is 1. The Morgan fingerprint density at radius 1 is 1.17 bits per heavy atom. The highest BCUT2D eigenvalue weighted by Crippen LogP contribution is 2.28. The molecule has 2 aromatic carbocycles. The second-order valence-electron chi connectivity index (χ2n) is 4.82. The van der Waals surface area contributed by atoms with Crippen molar-refractivity contribution in [1.29, 1.82) is 0 Å². The number of carbonyl (C=O) groups excluding carboxylic acids is 1. The summed E-state index contributed by atoms with van der Waals surface area (Å²) < 4.78 is 5.48. The number of para-hydroxylation sites is 1. The van der Waals surface area contributed by atoms with Crippen molar-refractivity contribution in [2.45, 2.75) is 6.92 Å². The van der Waals surface area contributed by atoms with Crippen LogP contribution < -0.4 is 10.1 Å². The number of ether oxygens (including phenoxy) is 1. The van der Waals surface area contributed by atoms with Crippen molar-refractivity contribution in [2.75, 3.05) is 6.61 Å². The van der Waals surface area contributed by atoms with E-state index in [9.17, 15) is 4.79 Å². The minimum atomic E-state index is -0.133. The third kappa shape index (κ3) is 4.02. The molecule has 5 heteroatoms. The molecular formula is C18H16N2O2S. The van der Waals surface area contributed by atoms with Gasteiger partial charge in [0.15, 0.2) is 5.17 Å². The number of rotatable bonds is 4. The predicted octanol–water partition coefficient (Wildman–Crippen LogP) is 3.98. The minimum Gasteiger partial charge on any atom is -0.494 e. The molecule has 1 heterocycles. The number of amides is 1. The van der Waals surface area contributed by atoms with E-state index in [1.807, 2.05) is 67.6 Å². The average Bonchev–Trinajstić information content (AvgIpc) is 2.88. The van der Waals surface area contributed by atoms with Crippen molar-refractivity contribution >= 4 is 34.6 Å². The molecule has 0 atom stereocenters. The van der Waals surface area contributed by atoms with Crippen LogP contribution in [0.15, 0.2) is 64.5 Å². The Balaban J connectivity index is 1.80. The lowest BCUT2D eigenvalue weighted by atomic mass is 10.2. The van der Waals surface area contributed by atoms with Crippen molar-refractivity contribution in [3.8, 4) is 5.75 Å². The lowest BCUT2D eigenvalue weighted by molar-refractivity contribution is -0.115. The summed E-state index contributed by atoms with van der Waals surface area (Å²) in [5.41, 5.74) is 1.74. The first-order valence-electron chi connectivity index (χ1n) is 7.32. The number of benzene rings is 2. The van der Waals surface area contributed by atoms with Gasteiger partial charge in [-0.25, -0.2) is 4.99 Å². The number of hydrogen-bond donors (Lipinski definition) is 1. The Bertz CT molecular complexity index is 770. The maximum absolute atomic E-state index is 12.1. The summed E-state index contributed by atoms with van der Waals surface area (Å²) >= 11 is 1.34. The summed E-state index contributed by atoms with van der Waals surface area (Å²) in [6.07, 6.45) is 1.84. The van der Waals surface area contributed by atoms with Crippen molar-refractivity contribution in [3.63, 3.8) is 0 Å².